The van der Waals surface area contributed by atoms with Gasteiger partial charge in [-0.15, -0.1) is 0 Å². The number of hydrogen-bond acceptors (Lipinski definition) is 3. The Balaban J connectivity index is 1.58. The molecule has 3 rings (SSSR count). The molecule has 0 aliphatic carbocycles. The first-order valence-corrected chi connectivity index (χ1v) is 8.65. The van der Waals surface area contributed by atoms with E-state index in [1.807, 2.05) is 43.3 Å². The molecule has 0 saturated carbocycles. The molecule has 1 N–H and O–H groups in total. The third kappa shape index (κ3) is 4.28. The Kier molecular flexibility index (Phi) is 5.33. The lowest BCUT2D eigenvalue weighted by atomic mass is 10.1. The standard InChI is InChI=1S/C21H21N3O2/c1-15-2-4-17(5-3-15)13-24-14-18(12-20(24)25)21(26)23-19-8-6-16(7-9-19)10-11-22/h2-9,18H,10,12-14H2,1H3,(H,23,26). The highest BCUT2D eigenvalue weighted by molar-refractivity contribution is 5.97. The molecule has 2 aromatic carbocycles. The van der Waals surface area contributed by atoms with Crippen molar-refractivity contribution in [3.63, 3.8) is 0 Å². The molecule has 1 fully saturated rings. The van der Waals surface area contributed by atoms with Gasteiger partial charge in [-0.05, 0) is 30.2 Å². The molecule has 1 heterocycles. The molecule has 0 aromatic heterocycles. The number of rotatable bonds is 5. The van der Waals surface area contributed by atoms with Crippen molar-refractivity contribution in [3.05, 3.63) is 65.2 Å². The first-order valence-electron chi connectivity index (χ1n) is 8.65. The smallest absolute Gasteiger partial charge is 0.229 e. The van der Waals surface area contributed by atoms with Crippen LogP contribution in [0.3, 0.4) is 0 Å². The van der Waals surface area contributed by atoms with Crippen LogP contribution < -0.4 is 5.32 Å². The molecule has 2 amide bonds. The number of benzene rings is 2. The van der Waals surface area contributed by atoms with Gasteiger partial charge in [-0.2, -0.15) is 5.26 Å². The van der Waals surface area contributed by atoms with Crippen LogP contribution in [0.2, 0.25) is 0 Å². The topological polar surface area (TPSA) is 73.2 Å². The highest BCUT2D eigenvalue weighted by Gasteiger charge is 2.34. The first-order chi connectivity index (χ1) is 12.5. The Morgan fingerprint density at radius 2 is 1.81 bits per heavy atom. The number of nitriles is 1. The zero-order valence-corrected chi connectivity index (χ0v) is 14.7. The van der Waals surface area contributed by atoms with Crippen molar-refractivity contribution in [1.29, 1.82) is 5.26 Å². The fourth-order valence-electron chi connectivity index (χ4n) is 3.06. The van der Waals surface area contributed by atoms with Crippen LogP contribution in [0.1, 0.15) is 23.1 Å². The van der Waals surface area contributed by atoms with Gasteiger partial charge in [0.1, 0.15) is 0 Å². The third-order valence-electron chi connectivity index (χ3n) is 4.58. The summed E-state index contributed by atoms with van der Waals surface area (Å²) in [6.45, 7) is 2.99. The summed E-state index contributed by atoms with van der Waals surface area (Å²) < 4.78 is 0. The minimum Gasteiger partial charge on any atom is -0.338 e. The number of carbonyl (C=O) groups excluding carboxylic acids is 2. The Labute approximate surface area is 153 Å². The molecule has 0 spiro atoms. The second-order valence-electron chi connectivity index (χ2n) is 6.68. The molecule has 1 atom stereocenters. The molecular formula is C21H21N3O2. The Hall–Kier alpha value is -3.13. The van der Waals surface area contributed by atoms with E-state index in [9.17, 15) is 9.59 Å². The van der Waals surface area contributed by atoms with Crippen molar-refractivity contribution in [2.24, 2.45) is 5.92 Å². The molecule has 0 radical (unpaired) electrons. The van der Waals surface area contributed by atoms with Crippen molar-refractivity contribution in [3.8, 4) is 6.07 Å². The lowest BCUT2D eigenvalue weighted by molar-refractivity contribution is -0.128. The summed E-state index contributed by atoms with van der Waals surface area (Å²) in [4.78, 5) is 26.5. The van der Waals surface area contributed by atoms with Crippen LogP contribution in [0, 0.1) is 24.2 Å². The molecule has 2 aromatic rings. The molecule has 1 aliphatic rings. The van der Waals surface area contributed by atoms with Crippen LogP contribution in [-0.2, 0) is 22.6 Å². The summed E-state index contributed by atoms with van der Waals surface area (Å²) in [7, 11) is 0. The number of hydrogen-bond donors (Lipinski definition) is 1. The second-order valence-corrected chi connectivity index (χ2v) is 6.68. The molecule has 5 heteroatoms. The summed E-state index contributed by atoms with van der Waals surface area (Å²) in [6.07, 6.45) is 0.587. The summed E-state index contributed by atoms with van der Waals surface area (Å²) in [5.41, 5.74) is 3.84. The number of amides is 2. The van der Waals surface area contributed by atoms with Gasteiger partial charge in [0.2, 0.25) is 11.8 Å². The lowest BCUT2D eigenvalue weighted by Crippen LogP contribution is -2.28. The van der Waals surface area contributed by atoms with Gasteiger partial charge in [-0.25, -0.2) is 0 Å². The largest absolute Gasteiger partial charge is 0.338 e. The molecule has 5 nitrogen and oxygen atoms in total. The van der Waals surface area contributed by atoms with Crippen molar-refractivity contribution >= 4 is 17.5 Å². The zero-order chi connectivity index (χ0) is 18.5. The van der Waals surface area contributed by atoms with Gasteiger partial charge in [-0.1, -0.05) is 42.0 Å². The molecular weight excluding hydrogens is 326 g/mol. The SMILES string of the molecule is Cc1ccc(CN2CC(C(=O)Nc3ccc(CC#N)cc3)CC2=O)cc1. The first kappa shape index (κ1) is 17.7. The van der Waals surface area contributed by atoms with Gasteiger partial charge in [0, 0.05) is 25.2 Å². The highest BCUT2D eigenvalue weighted by Crippen LogP contribution is 2.22. The summed E-state index contributed by atoms with van der Waals surface area (Å²) in [5, 5.41) is 11.6. The van der Waals surface area contributed by atoms with E-state index < -0.39 is 0 Å². The van der Waals surface area contributed by atoms with Crippen LogP contribution in [0.5, 0.6) is 0 Å². The van der Waals surface area contributed by atoms with Crippen LogP contribution in [0.25, 0.3) is 0 Å². The van der Waals surface area contributed by atoms with Gasteiger partial charge in [0.25, 0.3) is 0 Å². The van der Waals surface area contributed by atoms with E-state index in [4.69, 9.17) is 5.26 Å². The van der Waals surface area contributed by atoms with Gasteiger partial charge < -0.3 is 10.2 Å². The van der Waals surface area contributed by atoms with Crippen molar-refractivity contribution in [2.75, 3.05) is 11.9 Å². The number of nitrogens with one attached hydrogen (secondary N) is 1. The van der Waals surface area contributed by atoms with E-state index in [1.54, 1.807) is 17.0 Å². The lowest BCUT2D eigenvalue weighted by Gasteiger charge is -2.17. The predicted octanol–water partition coefficient (Wildman–Crippen LogP) is 3.05. The van der Waals surface area contributed by atoms with Gasteiger partial charge in [0.15, 0.2) is 0 Å². The number of aryl methyl sites for hydroxylation is 1. The summed E-state index contributed by atoms with van der Waals surface area (Å²) in [5.74, 6) is -0.473. The van der Waals surface area contributed by atoms with Crippen LogP contribution >= 0.6 is 0 Å². The van der Waals surface area contributed by atoms with Crippen molar-refractivity contribution < 1.29 is 9.59 Å². The molecule has 26 heavy (non-hydrogen) atoms. The number of carbonyl (C=O) groups is 2. The average Bonchev–Trinajstić information content (AvgIpc) is 3.00. The molecule has 1 aliphatic heterocycles. The quantitative estimate of drug-likeness (QED) is 0.903. The molecule has 1 saturated heterocycles. The normalized spacial score (nSPS) is 16.4. The Morgan fingerprint density at radius 3 is 2.46 bits per heavy atom. The van der Waals surface area contributed by atoms with Crippen LogP contribution in [-0.4, -0.2) is 23.3 Å². The minimum absolute atomic E-state index is 0.00935. The van der Waals surface area contributed by atoms with E-state index in [2.05, 4.69) is 11.4 Å². The van der Waals surface area contributed by atoms with Gasteiger partial charge >= 0.3 is 0 Å². The Bertz CT molecular complexity index is 835. The molecule has 0 bridgehead atoms. The minimum atomic E-state index is -0.341. The van der Waals surface area contributed by atoms with E-state index in [0.29, 0.717) is 25.2 Å². The van der Waals surface area contributed by atoms with Crippen molar-refractivity contribution in [1.82, 2.24) is 4.90 Å². The third-order valence-corrected chi connectivity index (χ3v) is 4.58. The van der Waals surface area contributed by atoms with E-state index in [0.717, 1.165) is 11.1 Å². The maximum absolute atomic E-state index is 12.5. The molecule has 1 unspecified atom stereocenters. The summed E-state index contributed by atoms with van der Waals surface area (Å²) in [6, 6.07) is 17.4. The monoisotopic (exact) mass is 347 g/mol. The van der Waals surface area contributed by atoms with Crippen LogP contribution in [0.4, 0.5) is 5.69 Å². The van der Waals surface area contributed by atoms with E-state index >= 15 is 0 Å². The number of anilines is 1. The fraction of sp³-hybridized carbons (Fsp3) is 0.286. The maximum atomic E-state index is 12.5. The average molecular weight is 347 g/mol. The Morgan fingerprint density at radius 1 is 1.15 bits per heavy atom. The zero-order valence-electron chi connectivity index (χ0n) is 14.7. The van der Waals surface area contributed by atoms with Gasteiger partial charge in [0.05, 0.1) is 18.4 Å². The van der Waals surface area contributed by atoms with Crippen molar-refractivity contribution in [2.45, 2.75) is 26.3 Å². The fourth-order valence-corrected chi connectivity index (χ4v) is 3.06. The number of nitrogens with zero attached hydrogens (tertiary/aromatic N) is 2. The van der Waals surface area contributed by atoms with E-state index in [1.165, 1.54) is 5.56 Å². The maximum Gasteiger partial charge on any atom is 0.229 e. The van der Waals surface area contributed by atoms with Gasteiger partial charge in [-0.3, -0.25) is 9.59 Å². The highest BCUT2D eigenvalue weighted by atomic mass is 16.2. The van der Waals surface area contributed by atoms with Crippen LogP contribution in [0.15, 0.2) is 48.5 Å². The predicted molar refractivity (Wildman–Crippen MR) is 99.1 cm³/mol. The summed E-state index contributed by atoms with van der Waals surface area (Å²) >= 11 is 0. The molecule has 132 valence electrons. The van der Waals surface area contributed by atoms with E-state index in [-0.39, 0.29) is 24.2 Å². The second kappa shape index (κ2) is 7.83. The number of likely N-dealkylation sites (tertiary alicyclic amines) is 1.